The van der Waals surface area contributed by atoms with Gasteiger partial charge in [-0.15, -0.1) is 0 Å². The van der Waals surface area contributed by atoms with Gasteiger partial charge < -0.3 is 36.3 Å². The predicted octanol–water partition coefficient (Wildman–Crippen LogP) is 5.65. The second-order valence-electron chi connectivity index (χ2n) is 19.5. The van der Waals surface area contributed by atoms with Gasteiger partial charge in [-0.1, -0.05) is 26.8 Å². The lowest BCUT2D eigenvalue weighted by molar-refractivity contribution is -0.219. The summed E-state index contributed by atoms with van der Waals surface area (Å²) in [7, 11) is 0. The normalized spacial score (nSPS) is 30.7. The molecule has 14 nitrogen and oxygen atoms in total. The molecule has 358 valence electrons. The van der Waals surface area contributed by atoms with E-state index in [2.05, 4.69) is 16.0 Å². The molecule has 0 aliphatic heterocycles. The van der Waals surface area contributed by atoms with Crippen molar-refractivity contribution in [3.8, 4) is 0 Å². The van der Waals surface area contributed by atoms with E-state index < -0.39 is 146 Å². The monoisotopic (exact) mass is 936 g/mol. The first-order valence-corrected chi connectivity index (χ1v) is 22.7. The molecule has 19 heteroatoms. The highest BCUT2D eigenvalue weighted by atomic mass is 32.2. The van der Waals surface area contributed by atoms with Crippen molar-refractivity contribution in [3.63, 3.8) is 0 Å². The average Bonchev–Trinajstić information content (AvgIpc) is 3.49. The number of amides is 3. The lowest BCUT2D eigenvalue weighted by Crippen LogP contribution is -2.70. The number of esters is 2. The van der Waals surface area contributed by atoms with Crippen molar-refractivity contribution >= 4 is 58.0 Å². The van der Waals surface area contributed by atoms with Crippen LogP contribution in [0, 0.1) is 34.4 Å². The Morgan fingerprint density at radius 2 is 1.71 bits per heavy atom. The Morgan fingerprint density at radius 3 is 2.34 bits per heavy atom. The zero-order valence-corrected chi connectivity index (χ0v) is 38.7. The van der Waals surface area contributed by atoms with Crippen LogP contribution in [-0.4, -0.2) is 98.9 Å². The van der Waals surface area contributed by atoms with Gasteiger partial charge in [0.05, 0.1) is 23.4 Å². The number of fused-ring (bicyclic) bond motifs is 5. The Balaban J connectivity index is 1.41. The maximum absolute atomic E-state index is 17.8. The predicted molar refractivity (Wildman–Crippen MR) is 232 cm³/mol. The van der Waals surface area contributed by atoms with Gasteiger partial charge in [-0.25, -0.2) is 22.4 Å². The van der Waals surface area contributed by atoms with Crippen molar-refractivity contribution in [2.45, 2.75) is 148 Å². The van der Waals surface area contributed by atoms with Crippen molar-refractivity contribution in [2.24, 2.45) is 34.3 Å². The van der Waals surface area contributed by atoms with Crippen LogP contribution in [0.25, 0.3) is 0 Å². The number of nitrogens with one attached hydrogen (secondary N) is 3. The summed E-state index contributed by atoms with van der Waals surface area (Å²) in [6.07, 6.45) is -1.82. The second kappa shape index (κ2) is 19.3. The first kappa shape index (κ1) is 51.4. The van der Waals surface area contributed by atoms with Gasteiger partial charge in [-0.3, -0.25) is 28.8 Å². The Kier molecular flexibility index (Phi) is 15.3. The highest BCUT2D eigenvalue weighted by Gasteiger charge is 2.76. The molecule has 0 aromatic heterocycles. The molecule has 3 saturated carbocycles. The van der Waals surface area contributed by atoms with Crippen LogP contribution in [0.1, 0.15) is 111 Å². The fourth-order valence-electron chi connectivity index (χ4n) is 10.3. The van der Waals surface area contributed by atoms with Crippen LogP contribution in [0.4, 0.5) is 23.2 Å². The standard InChI is InChI=1S/C46H60F4N4O10S/c1-23(2)17-32(51)38(59)52-24(3)37(58)53-33(11-12-36(57)63-42(4,5)6)39(60)54-34-18-25(9-10-30(34)48)40(61)64-45(41(62)65-22-47)16-14-27-28-20-31(49)29-19-26(55)13-15-43(29,7)46(28,50)35(56)21-44(27,45)8/h9-10,13,15,18-19,23-24,27-28,31-33,35,56H,11-12,14,16-17,20-22,51H2,1-8H3,(H,52,59)(H,53,58)(H,54,60)/t24-,27-,28-,31-,32+,33-,35-,43-,44-,45-,46-/m0/s1. The molecule has 6 N–H and O–H groups in total. The molecule has 0 radical (unpaired) electrons. The van der Waals surface area contributed by atoms with Crippen LogP contribution >= 0.6 is 11.8 Å². The number of anilines is 1. The number of ketones is 1. The van der Waals surface area contributed by atoms with E-state index in [1.54, 1.807) is 20.8 Å². The number of aliphatic hydroxyl groups excluding tert-OH is 1. The Morgan fingerprint density at radius 1 is 1.03 bits per heavy atom. The Bertz CT molecular complexity index is 2150. The summed E-state index contributed by atoms with van der Waals surface area (Å²) in [6, 6.07) is -2.16. The van der Waals surface area contributed by atoms with Gasteiger partial charge in [0.15, 0.2) is 17.1 Å². The summed E-state index contributed by atoms with van der Waals surface area (Å²) < 4.78 is 74.6. The van der Waals surface area contributed by atoms with Crippen LogP contribution in [0.5, 0.6) is 0 Å². The summed E-state index contributed by atoms with van der Waals surface area (Å²) >= 11 is 0.203. The molecule has 1 aromatic rings. The molecule has 1 aromatic carbocycles. The molecule has 0 heterocycles. The number of aliphatic hydroxyl groups is 1. The lowest BCUT2D eigenvalue weighted by Gasteiger charge is -2.63. The fraction of sp³-hybridized carbons (Fsp3) is 0.630. The number of alkyl halides is 3. The number of hydrogen-bond acceptors (Lipinski definition) is 12. The summed E-state index contributed by atoms with van der Waals surface area (Å²) in [5.41, 5.74) is -4.05. The first-order valence-electron chi connectivity index (χ1n) is 21.8. The highest BCUT2D eigenvalue weighted by Crippen LogP contribution is 2.71. The smallest absolute Gasteiger partial charge is 0.339 e. The first-order chi connectivity index (χ1) is 30.1. The zero-order valence-electron chi connectivity index (χ0n) is 37.9. The molecule has 4 aliphatic carbocycles. The summed E-state index contributed by atoms with van der Waals surface area (Å²) in [6.45, 7) is 12.9. The minimum atomic E-state index is -2.51. The SMILES string of the molecule is CC(C)C[C@@H](N)C(=O)N[C@@H](C)C(=O)N[C@@H](CCC(=O)OC(C)(C)C)C(=O)Nc1cc(C(=O)O[C@]2(C(=O)SCF)CC[C@H]3[C@@H]4C[C@H](F)C5=CC(=O)C=C[C@]5(C)[C@@]4(F)[C@@H](O)C[C@@]32C)ccc1F. The fourth-order valence-corrected chi connectivity index (χ4v) is 11.0. The largest absolute Gasteiger partial charge is 0.460 e. The number of rotatable bonds is 15. The van der Waals surface area contributed by atoms with Crippen molar-refractivity contribution in [2.75, 3.05) is 11.3 Å². The highest BCUT2D eigenvalue weighted by molar-refractivity contribution is 8.13. The molecule has 65 heavy (non-hydrogen) atoms. The molecule has 3 fully saturated rings. The second-order valence-corrected chi connectivity index (χ2v) is 20.4. The van der Waals surface area contributed by atoms with Gasteiger partial charge in [0.2, 0.25) is 22.8 Å². The zero-order chi connectivity index (χ0) is 48.6. The topological polar surface area (TPSA) is 220 Å². The van der Waals surface area contributed by atoms with Gasteiger partial charge in [-0.2, -0.15) is 0 Å². The van der Waals surface area contributed by atoms with Crippen LogP contribution in [0.2, 0.25) is 0 Å². The molecule has 0 unspecified atom stereocenters. The van der Waals surface area contributed by atoms with E-state index in [0.717, 1.165) is 30.4 Å². The van der Waals surface area contributed by atoms with E-state index in [0.29, 0.717) is 6.42 Å². The van der Waals surface area contributed by atoms with E-state index in [-0.39, 0.29) is 48.9 Å². The van der Waals surface area contributed by atoms with Crippen molar-refractivity contribution in [1.29, 1.82) is 0 Å². The third-order valence-electron chi connectivity index (χ3n) is 13.5. The number of carbonyl (C=O) groups excluding carboxylic acids is 7. The number of ether oxygens (including phenoxy) is 2. The minimum Gasteiger partial charge on any atom is -0.460 e. The average molecular weight is 937 g/mol. The third-order valence-corrected chi connectivity index (χ3v) is 14.2. The lowest BCUT2D eigenvalue weighted by atomic mass is 9.44. The van der Waals surface area contributed by atoms with Gasteiger partial charge in [-0.05, 0) is 133 Å². The molecule has 11 atom stereocenters. The Hall–Kier alpha value is -4.62. The summed E-state index contributed by atoms with van der Waals surface area (Å²) in [5, 5.41) is 18.1. The number of hydrogen-bond donors (Lipinski definition) is 5. The molecular formula is C46H60F4N4O10S. The van der Waals surface area contributed by atoms with Gasteiger partial charge >= 0.3 is 11.9 Å². The molecule has 3 amide bonds. The third kappa shape index (κ3) is 10.1. The maximum atomic E-state index is 17.8. The number of nitrogens with two attached hydrogens (primary N) is 1. The molecule has 0 spiro atoms. The van der Waals surface area contributed by atoms with E-state index in [4.69, 9.17) is 15.2 Å². The number of thioether (sulfide) groups is 1. The van der Waals surface area contributed by atoms with Crippen molar-refractivity contribution in [1.82, 2.24) is 10.6 Å². The molecule has 0 saturated heterocycles. The van der Waals surface area contributed by atoms with Crippen LogP contribution in [-0.2, 0) is 38.2 Å². The van der Waals surface area contributed by atoms with Crippen molar-refractivity contribution in [3.05, 3.63) is 53.4 Å². The van der Waals surface area contributed by atoms with Crippen molar-refractivity contribution < 1.29 is 65.7 Å². The van der Waals surface area contributed by atoms with Gasteiger partial charge in [0.1, 0.15) is 35.7 Å². The molecule has 0 bridgehead atoms. The molecule has 5 rings (SSSR count). The number of benzene rings is 1. The number of carbonyl (C=O) groups is 7. The van der Waals surface area contributed by atoms with E-state index in [9.17, 15) is 43.1 Å². The van der Waals surface area contributed by atoms with Crippen LogP contribution in [0.15, 0.2) is 42.0 Å². The molecule has 4 aliphatic rings. The quantitative estimate of drug-likeness (QED) is 0.106. The van der Waals surface area contributed by atoms with Crippen LogP contribution in [0.3, 0.4) is 0 Å². The van der Waals surface area contributed by atoms with Crippen LogP contribution < -0.4 is 21.7 Å². The number of halogens is 4. The Labute approximate surface area is 380 Å². The van der Waals surface area contributed by atoms with Gasteiger partial charge in [0.25, 0.3) is 0 Å². The summed E-state index contributed by atoms with van der Waals surface area (Å²) in [5.74, 6) is -8.06. The minimum absolute atomic E-state index is 0.00406. The summed E-state index contributed by atoms with van der Waals surface area (Å²) in [4.78, 5) is 92.9. The van der Waals surface area contributed by atoms with E-state index >= 15 is 13.2 Å². The maximum Gasteiger partial charge on any atom is 0.339 e. The molecular weight excluding hydrogens is 877 g/mol. The van der Waals surface area contributed by atoms with E-state index in [1.165, 1.54) is 26.8 Å². The van der Waals surface area contributed by atoms with E-state index in [1.807, 2.05) is 13.8 Å². The number of allylic oxidation sites excluding steroid dienone is 4. The van der Waals surface area contributed by atoms with Gasteiger partial charge in [0, 0.05) is 23.2 Å².